The lowest BCUT2D eigenvalue weighted by Crippen LogP contribution is -2.23. The number of fused-ring (bicyclic) bond motifs is 2. The molecule has 0 unspecified atom stereocenters. The molecular weight excluding hydrogens is 392 g/mol. The number of anilines is 3. The number of nitrogens with one attached hydrogen (secondary N) is 1. The van der Waals surface area contributed by atoms with Crippen molar-refractivity contribution in [2.45, 2.75) is 6.92 Å². The van der Waals surface area contributed by atoms with E-state index in [1.54, 1.807) is 30.3 Å². The summed E-state index contributed by atoms with van der Waals surface area (Å²) in [6.07, 6.45) is 0. The van der Waals surface area contributed by atoms with E-state index in [2.05, 4.69) is 21.2 Å². The molecule has 0 spiro atoms. The van der Waals surface area contributed by atoms with Gasteiger partial charge in [0, 0.05) is 21.3 Å². The van der Waals surface area contributed by atoms with Crippen LogP contribution in [0.15, 0.2) is 59.1 Å². The fourth-order valence-corrected chi connectivity index (χ4v) is 3.69. The zero-order valence-electron chi connectivity index (χ0n) is 14.0. The van der Waals surface area contributed by atoms with E-state index in [0.29, 0.717) is 26.9 Å². The quantitative estimate of drug-likeness (QED) is 0.466. The minimum atomic E-state index is -0.235. The Morgan fingerprint density at radius 3 is 2.19 bits per heavy atom. The second-order valence-electron chi connectivity index (χ2n) is 6.27. The number of nitrogen functional groups attached to an aromatic ring is 1. The summed E-state index contributed by atoms with van der Waals surface area (Å²) >= 11 is 3.41. The summed E-state index contributed by atoms with van der Waals surface area (Å²) in [4.78, 5) is 26.1. The molecule has 0 saturated heterocycles. The Kier molecular flexibility index (Phi) is 3.89. The van der Waals surface area contributed by atoms with Crippen LogP contribution >= 0.6 is 15.9 Å². The van der Waals surface area contributed by atoms with Crippen molar-refractivity contribution in [3.8, 4) is 0 Å². The highest BCUT2D eigenvalue weighted by molar-refractivity contribution is 9.10. The number of hydrogen-bond donors (Lipinski definition) is 2. The Hall–Kier alpha value is -2.92. The molecule has 0 fully saturated rings. The van der Waals surface area contributed by atoms with Crippen LogP contribution in [0.25, 0.3) is 0 Å². The first-order chi connectivity index (χ1) is 12.5. The molecular formula is C21H15BrN2O2. The number of hydrogen-bond acceptors (Lipinski definition) is 4. The third-order valence-corrected chi connectivity index (χ3v) is 5.14. The molecule has 0 aromatic heterocycles. The van der Waals surface area contributed by atoms with Gasteiger partial charge >= 0.3 is 0 Å². The summed E-state index contributed by atoms with van der Waals surface area (Å²) in [6.45, 7) is 1.99. The monoisotopic (exact) mass is 406 g/mol. The van der Waals surface area contributed by atoms with Crippen molar-refractivity contribution < 1.29 is 9.59 Å². The maximum Gasteiger partial charge on any atom is 0.196 e. The normalized spacial score (nSPS) is 12.5. The number of halogens is 1. The Balaban J connectivity index is 1.94. The number of carbonyl (C=O) groups excluding carboxylic acids is 2. The Morgan fingerprint density at radius 2 is 1.54 bits per heavy atom. The van der Waals surface area contributed by atoms with Crippen LogP contribution < -0.4 is 11.1 Å². The van der Waals surface area contributed by atoms with E-state index >= 15 is 0 Å². The fourth-order valence-electron chi connectivity index (χ4n) is 3.26. The Bertz CT molecular complexity index is 1090. The van der Waals surface area contributed by atoms with Gasteiger partial charge in [-0.1, -0.05) is 36.4 Å². The molecule has 0 bridgehead atoms. The van der Waals surface area contributed by atoms with Gasteiger partial charge in [-0.05, 0) is 46.6 Å². The first kappa shape index (κ1) is 16.5. The standard InChI is InChI=1S/C21H15BrN2O2/c1-11-5-4-6-12(9-11)24-16-10-15(22)19(23)18-17(16)20(25)13-7-2-3-8-14(13)21(18)26/h2-10,24H,23H2,1H3. The van der Waals surface area contributed by atoms with Gasteiger partial charge in [0.05, 0.1) is 22.5 Å². The summed E-state index contributed by atoms with van der Waals surface area (Å²) in [7, 11) is 0. The molecule has 3 aromatic rings. The molecule has 0 heterocycles. The number of nitrogens with two attached hydrogens (primary N) is 1. The van der Waals surface area contributed by atoms with E-state index in [4.69, 9.17) is 5.73 Å². The predicted molar refractivity (Wildman–Crippen MR) is 106 cm³/mol. The van der Waals surface area contributed by atoms with Gasteiger partial charge in [0.15, 0.2) is 11.6 Å². The van der Waals surface area contributed by atoms with Crippen LogP contribution in [0, 0.1) is 6.92 Å². The van der Waals surface area contributed by atoms with Crippen molar-refractivity contribution in [2.24, 2.45) is 0 Å². The smallest absolute Gasteiger partial charge is 0.196 e. The fraction of sp³-hybridized carbons (Fsp3) is 0.0476. The summed E-state index contributed by atoms with van der Waals surface area (Å²) < 4.78 is 0.576. The van der Waals surface area contributed by atoms with Crippen molar-refractivity contribution in [3.05, 3.63) is 86.9 Å². The first-order valence-electron chi connectivity index (χ1n) is 8.11. The lowest BCUT2D eigenvalue weighted by molar-refractivity contribution is 0.0980. The molecule has 4 nitrogen and oxygen atoms in total. The van der Waals surface area contributed by atoms with Crippen molar-refractivity contribution in [1.29, 1.82) is 0 Å². The van der Waals surface area contributed by atoms with Gasteiger partial charge in [-0.25, -0.2) is 0 Å². The maximum atomic E-state index is 13.1. The lowest BCUT2D eigenvalue weighted by Gasteiger charge is -2.23. The third kappa shape index (κ3) is 2.52. The van der Waals surface area contributed by atoms with Crippen molar-refractivity contribution >= 4 is 44.6 Å². The molecule has 0 saturated carbocycles. The second-order valence-corrected chi connectivity index (χ2v) is 7.12. The summed E-state index contributed by atoms with van der Waals surface area (Å²) in [5, 5.41) is 3.26. The highest BCUT2D eigenvalue weighted by Gasteiger charge is 2.34. The third-order valence-electron chi connectivity index (χ3n) is 4.48. The Morgan fingerprint density at radius 1 is 0.885 bits per heavy atom. The SMILES string of the molecule is Cc1cccc(Nc2cc(Br)c(N)c3c2C(=O)c2ccccc2C3=O)c1. The number of rotatable bonds is 2. The second kappa shape index (κ2) is 6.11. The molecule has 0 aliphatic heterocycles. The summed E-state index contributed by atoms with van der Waals surface area (Å²) in [5.41, 5.74) is 10.3. The molecule has 0 amide bonds. The van der Waals surface area contributed by atoms with E-state index in [9.17, 15) is 9.59 Å². The van der Waals surface area contributed by atoms with Crippen LogP contribution in [-0.4, -0.2) is 11.6 Å². The van der Waals surface area contributed by atoms with Crippen molar-refractivity contribution in [3.63, 3.8) is 0 Å². The molecule has 26 heavy (non-hydrogen) atoms. The minimum absolute atomic E-state index is 0.204. The van der Waals surface area contributed by atoms with E-state index in [1.807, 2.05) is 31.2 Å². The molecule has 3 aromatic carbocycles. The highest BCUT2D eigenvalue weighted by atomic mass is 79.9. The van der Waals surface area contributed by atoms with E-state index in [0.717, 1.165) is 11.3 Å². The molecule has 0 radical (unpaired) electrons. The number of ketones is 2. The molecule has 4 rings (SSSR count). The zero-order valence-corrected chi connectivity index (χ0v) is 15.6. The zero-order chi connectivity index (χ0) is 18.4. The van der Waals surface area contributed by atoms with E-state index in [1.165, 1.54) is 0 Å². The topological polar surface area (TPSA) is 72.2 Å². The average molecular weight is 407 g/mol. The van der Waals surface area contributed by atoms with Gasteiger partial charge in [0.25, 0.3) is 0 Å². The molecule has 128 valence electrons. The molecule has 5 heteroatoms. The maximum absolute atomic E-state index is 13.1. The van der Waals surface area contributed by atoms with Crippen LogP contribution in [-0.2, 0) is 0 Å². The van der Waals surface area contributed by atoms with Crippen LogP contribution in [0.1, 0.15) is 37.4 Å². The largest absolute Gasteiger partial charge is 0.397 e. The van der Waals surface area contributed by atoms with Crippen LogP contribution in [0.5, 0.6) is 0 Å². The van der Waals surface area contributed by atoms with Crippen LogP contribution in [0.4, 0.5) is 17.1 Å². The van der Waals surface area contributed by atoms with Gasteiger partial charge in [0.1, 0.15) is 0 Å². The van der Waals surface area contributed by atoms with Gasteiger partial charge in [-0.15, -0.1) is 0 Å². The first-order valence-corrected chi connectivity index (χ1v) is 8.90. The van der Waals surface area contributed by atoms with Crippen molar-refractivity contribution in [2.75, 3.05) is 11.1 Å². The average Bonchev–Trinajstić information content (AvgIpc) is 2.62. The molecule has 1 aliphatic carbocycles. The minimum Gasteiger partial charge on any atom is -0.397 e. The lowest BCUT2D eigenvalue weighted by atomic mass is 9.82. The van der Waals surface area contributed by atoms with Gasteiger partial charge in [-0.2, -0.15) is 0 Å². The Labute approximate surface area is 159 Å². The van der Waals surface area contributed by atoms with E-state index < -0.39 is 0 Å². The summed E-state index contributed by atoms with van der Waals surface area (Å²) in [6, 6.07) is 16.4. The van der Waals surface area contributed by atoms with Gasteiger partial charge in [-0.3, -0.25) is 9.59 Å². The molecule has 0 atom stereocenters. The van der Waals surface area contributed by atoms with Crippen LogP contribution in [0.2, 0.25) is 0 Å². The van der Waals surface area contributed by atoms with Gasteiger partial charge in [0.2, 0.25) is 0 Å². The van der Waals surface area contributed by atoms with Crippen LogP contribution in [0.3, 0.4) is 0 Å². The predicted octanol–water partition coefficient (Wildman–Crippen LogP) is 4.86. The van der Waals surface area contributed by atoms with Crippen molar-refractivity contribution in [1.82, 2.24) is 0 Å². The van der Waals surface area contributed by atoms with Gasteiger partial charge < -0.3 is 11.1 Å². The summed E-state index contributed by atoms with van der Waals surface area (Å²) in [5.74, 6) is -0.439. The number of carbonyl (C=O) groups is 2. The molecule has 3 N–H and O–H groups in total. The number of aryl methyl sites for hydroxylation is 1. The highest BCUT2D eigenvalue weighted by Crippen LogP contribution is 2.40. The van der Waals surface area contributed by atoms with E-state index in [-0.39, 0.29) is 22.8 Å². The molecule has 1 aliphatic rings. The number of benzene rings is 3.